The molecule has 1 N–H and O–H groups in total. The summed E-state index contributed by atoms with van der Waals surface area (Å²) in [6.07, 6.45) is 0. The Balaban J connectivity index is 1.64. The first-order valence-electron chi connectivity index (χ1n) is 8.01. The standard InChI is InChI=1S/C16H25N3O4/c1-11-14(12(2)23-18-11)5-19-4-13-6-22-10-16(13,9-19)8-17-15(20)7-21-3/h13H,4-10H2,1-3H3,(H,17,20)/t13-,16-/m1/s1. The molecular weight excluding hydrogens is 298 g/mol. The Bertz CT molecular complexity index is 554. The predicted molar refractivity (Wildman–Crippen MR) is 82.9 cm³/mol. The van der Waals surface area contributed by atoms with E-state index >= 15 is 0 Å². The molecule has 7 nitrogen and oxygen atoms in total. The van der Waals surface area contributed by atoms with Gasteiger partial charge in [-0.1, -0.05) is 5.16 Å². The highest BCUT2D eigenvalue weighted by molar-refractivity contribution is 5.77. The Morgan fingerprint density at radius 2 is 2.35 bits per heavy atom. The average Bonchev–Trinajstić information content (AvgIpc) is 3.14. The van der Waals surface area contributed by atoms with Gasteiger partial charge in [-0.25, -0.2) is 0 Å². The Morgan fingerprint density at radius 1 is 1.52 bits per heavy atom. The second-order valence-electron chi connectivity index (χ2n) is 6.76. The van der Waals surface area contributed by atoms with Gasteiger partial charge < -0.3 is 19.3 Å². The molecule has 1 aromatic rings. The fourth-order valence-corrected chi connectivity index (χ4v) is 3.72. The molecule has 128 valence electrons. The van der Waals surface area contributed by atoms with Gasteiger partial charge in [0.2, 0.25) is 5.91 Å². The molecule has 1 aromatic heterocycles. The molecular formula is C16H25N3O4. The van der Waals surface area contributed by atoms with Crippen LogP contribution in [0.4, 0.5) is 0 Å². The van der Waals surface area contributed by atoms with Crippen molar-refractivity contribution in [2.24, 2.45) is 11.3 Å². The smallest absolute Gasteiger partial charge is 0.246 e. The fourth-order valence-electron chi connectivity index (χ4n) is 3.72. The lowest BCUT2D eigenvalue weighted by Crippen LogP contribution is -2.44. The highest BCUT2D eigenvalue weighted by Gasteiger charge is 2.50. The Hall–Kier alpha value is -1.44. The number of nitrogens with zero attached hydrogens (tertiary/aromatic N) is 2. The maximum Gasteiger partial charge on any atom is 0.246 e. The van der Waals surface area contributed by atoms with Gasteiger partial charge in [0.15, 0.2) is 0 Å². The summed E-state index contributed by atoms with van der Waals surface area (Å²) in [6.45, 7) is 8.86. The van der Waals surface area contributed by atoms with Crippen LogP contribution in [0.1, 0.15) is 17.0 Å². The summed E-state index contributed by atoms with van der Waals surface area (Å²) < 4.78 is 15.8. The third-order valence-electron chi connectivity index (χ3n) is 5.07. The SMILES string of the molecule is COCC(=O)NC[C@@]12COC[C@H]1CN(Cc1c(C)noc1C)C2. The predicted octanol–water partition coefficient (Wildman–Crippen LogP) is 0.502. The molecule has 3 heterocycles. The fraction of sp³-hybridized carbons (Fsp3) is 0.750. The molecule has 0 unspecified atom stereocenters. The second kappa shape index (κ2) is 6.59. The van der Waals surface area contributed by atoms with Crippen molar-refractivity contribution in [2.45, 2.75) is 20.4 Å². The number of nitrogens with one attached hydrogen (secondary N) is 1. The number of hydrogen-bond acceptors (Lipinski definition) is 6. The summed E-state index contributed by atoms with van der Waals surface area (Å²) in [4.78, 5) is 14.1. The van der Waals surface area contributed by atoms with E-state index in [4.69, 9.17) is 14.0 Å². The Kier molecular flexibility index (Phi) is 4.70. The molecule has 2 aliphatic rings. The third-order valence-corrected chi connectivity index (χ3v) is 5.07. The molecule has 0 bridgehead atoms. The first-order chi connectivity index (χ1) is 11.0. The van der Waals surface area contributed by atoms with Gasteiger partial charge in [-0.15, -0.1) is 0 Å². The van der Waals surface area contributed by atoms with Crippen LogP contribution >= 0.6 is 0 Å². The molecule has 2 aliphatic heterocycles. The molecule has 2 saturated heterocycles. The molecule has 0 spiro atoms. The molecule has 7 heteroatoms. The van der Waals surface area contributed by atoms with Crippen LogP contribution in [-0.4, -0.2) is 62.5 Å². The summed E-state index contributed by atoms with van der Waals surface area (Å²) in [5.41, 5.74) is 2.13. The second-order valence-corrected chi connectivity index (χ2v) is 6.76. The lowest BCUT2D eigenvalue weighted by molar-refractivity contribution is -0.125. The zero-order chi connectivity index (χ0) is 16.4. The number of likely N-dealkylation sites (tertiary alicyclic amines) is 1. The normalized spacial score (nSPS) is 27.3. The number of carbonyl (C=O) groups excluding carboxylic acids is 1. The van der Waals surface area contributed by atoms with E-state index in [2.05, 4.69) is 15.4 Å². The minimum Gasteiger partial charge on any atom is -0.380 e. The Labute approximate surface area is 136 Å². The van der Waals surface area contributed by atoms with Crippen LogP contribution in [0.5, 0.6) is 0 Å². The van der Waals surface area contributed by atoms with Crippen molar-refractivity contribution < 1.29 is 18.8 Å². The summed E-state index contributed by atoms with van der Waals surface area (Å²) in [7, 11) is 1.53. The highest BCUT2D eigenvalue weighted by atomic mass is 16.5. The van der Waals surface area contributed by atoms with Gasteiger partial charge in [-0.2, -0.15) is 0 Å². The number of aryl methyl sites for hydroxylation is 2. The maximum atomic E-state index is 11.7. The summed E-state index contributed by atoms with van der Waals surface area (Å²) in [5.74, 6) is 1.26. The Morgan fingerprint density at radius 3 is 3.04 bits per heavy atom. The molecule has 0 saturated carbocycles. The topological polar surface area (TPSA) is 76.8 Å². The average molecular weight is 323 g/mol. The summed E-state index contributed by atoms with van der Waals surface area (Å²) in [5, 5.41) is 7.02. The maximum absolute atomic E-state index is 11.7. The van der Waals surface area contributed by atoms with Gasteiger partial charge in [-0.3, -0.25) is 9.69 Å². The zero-order valence-electron chi connectivity index (χ0n) is 14.1. The monoisotopic (exact) mass is 323 g/mol. The van der Waals surface area contributed by atoms with Crippen molar-refractivity contribution in [1.29, 1.82) is 0 Å². The van der Waals surface area contributed by atoms with E-state index < -0.39 is 0 Å². The quantitative estimate of drug-likeness (QED) is 0.822. The minimum absolute atomic E-state index is 0.00236. The third kappa shape index (κ3) is 3.27. The zero-order valence-corrected chi connectivity index (χ0v) is 14.1. The van der Waals surface area contributed by atoms with Gasteiger partial charge >= 0.3 is 0 Å². The minimum atomic E-state index is -0.0725. The van der Waals surface area contributed by atoms with E-state index in [0.717, 1.165) is 37.7 Å². The molecule has 2 fully saturated rings. The number of fused-ring (bicyclic) bond motifs is 1. The van der Waals surface area contributed by atoms with Crippen molar-refractivity contribution in [3.05, 3.63) is 17.0 Å². The number of carbonyl (C=O) groups is 1. The molecule has 0 radical (unpaired) electrons. The molecule has 1 amide bonds. The van der Waals surface area contributed by atoms with Crippen LogP contribution in [-0.2, 0) is 20.8 Å². The van der Waals surface area contributed by atoms with Crippen LogP contribution in [0.15, 0.2) is 4.52 Å². The lowest BCUT2D eigenvalue weighted by Gasteiger charge is -2.27. The van der Waals surface area contributed by atoms with E-state index in [0.29, 0.717) is 19.1 Å². The van der Waals surface area contributed by atoms with Gasteiger partial charge in [0.1, 0.15) is 12.4 Å². The molecule has 0 aromatic carbocycles. The molecule has 23 heavy (non-hydrogen) atoms. The first kappa shape index (κ1) is 16.4. The summed E-state index contributed by atoms with van der Waals surface area (Å²) in [6, 6.07) is 0. The number of rotatable bonds is 6. The lowest BCUT2D eigenvalue weighted by atomic mass is 9.81. The van der Waals surface area contributed by atoms with E-state index in [-0.39, 0.29) is 17.9 Å². The molecule has 3 rings (SSSR count). The first-order valence-corrected chi connectivity index (χ1v) is 8.01. The molecule has 0 aliphatic carbocycles. The van der Waals surface area contributed by atoms with Gasteiger partial charge in [0, 0.05) is 50.2 Å². The van der Waals surface area contributed by atoms with Crippen molar-refractivity contribution in [3.63, 3.8) is 0 Å². The van der Waals surface area contributed by atoms with Gasteiger partial charge in [-0.05, 0) is 13.8 Å². The van der Waals surface area contributed by atoms with E-state index in [1.165, 1.54) is 12.7 Å². The van der Waals surface area contributed by atoms with Crippen molar-refractivity contribution >= 4 is 5.91 Å². The largest absolute Gasteiger partial charge is 0.380 e. The van der Waals surface area contributed by atoms with E-state index in [1.54, 1.807) is 0 Å². The molecule has 2 atom stereocenters. The van der Waals surface area contributed by atoms with Crippen LogP contribution in [0.3, 0.4) is 0 Å². The number of ether oxygens (including phenoxy) is 2. The van der Waals surface area contributed by atoms with Gasteiger partial charge in [0.25, 0.3) is 0 Å². The van der Waals surface area contributed by atoms with E-state index in [9.17, 15) is 4.79 Å². The summed E-state index contributed by atoms with van der Waals surface area (Å²) >= 11 is 0. The van der Waals surface area contributed by atoms with Crippen LogP contribution < -0.4 is 5.32 Å². The van der Waals surface area contributed by atoms with Crippen molar-refractivity contribution in [3.8, 4) is 0 Å². The van der Waals surface area contributed by atoms with Crippen LogP contribution in [0, 0.1) is 25.2 Å². The van der Waals surface area contributed by atoms with Gasteiger partial charge in [0.05, 0.1) is 18.9 Å². The van der Waals surface area contributed by atoms with E-state index in [1.807, 2.05) is 13.8 Å². The number of amides is 1. The number of aromatic nitrogens is 1. The van der Waals surface area contributed by atoms with Crippen LogP contribution in [0.25, 0.3) is 0 Å². The number of hydrogen-bond donors (Lipinski definition) is 1. The number of methoxy groups -OCH3 is 1. The van der Waals surface area contributed by atoms with Crippen molar-refractivity contribution in [1.82, 2.24) is 15.4 Å². The highest BCUT2D eigenvalue weighted by Crippen LogP contribution is 2.41. The van der Waals surface area contributed by atoms with Crippen molar-refractivity contribution in [2.75, 3.05) is 46.6 Å². The van der Waals surface area contributed by atoms with Crippen LogP contribution in [0.2, 0.25) is 0 Å².